The van der Waals surface area contributed by atoms with Gasteiger partial charge in [-0.25, -0.2) is 0 Å². The Kier molecular flexibility index (Phi) is 3.58. The van der Waals surface area contributed by atoms with Crippen LogP contribution in [0.2, 0.25) is 0 Å². The van der Waals surface area contributed by atoms with E-state index in [1.165, 1.54) is 28.7 Å². The maximum atomic E-state index is 4.55. The van der Waals surface area contributed by atoms with Gasteiger partial charge in [0.1, 0.15) is 0 Å². The van der Waals surface area contributed by atoms with Gasteiger partial charge in [-0.1, -0.05) is 37.6 Å². The molecule has 17 heavy (non-hydrogen) atoms. The van der Waals surface area contributed by atoms with Gasteiger partial charge in [0.25, 0.3) is 0 Å². The molecule has 0 aliphatic heterocycles. The number of hydrogen-bond acceptors (Lipinski definition) is 1. The van der Waals surface area contributed by atoms with E-state index in [0.29, 0.717) is 0 Å². The van der Waals surface area contributed by atoms with Gasteiger partial charge in [-0.05, 0) is 43.0 Å². The molecule has 0 atom stereocenters. The van der Waals surface area contributed by atoms with Crippen molar-refractivity contribution in [2.24, 2.45) is 0 Å². The lowest BCUT2D eigenvalue weighted by molar-refractivity contribution is 0.922. The number of rotatable bonds is 3. The number of hydrogen-bond donors (Lipinski definition) is 0. The molecule has 1 heteroatoms. The Morgan fingerprint density at radius 1 is 1.06 bits per heavy atom. The van der Waals surface area contributed by atoms with Gasteiger partial charge in [0, 0.05) is 11.8 Å². The van der Waals surface area contributed by atoms with Crippen LogP contribution in [0.1, 0.15) is 30.0 Å². The van der Waals surface area contributed by atoms with Crippen LogP contribution < -0.4 is 0 Å². The van der Waals surface area contributed by atoms with Gasteiger partial charge in [-0.15, -0.1) is 0 Å². The Labute approximate surface area is 104 Å². The molecule has 0 saturated carbocycles. The fourth-order valence-corrected chi connectivity index (χ4v) is 2.14. The molecule has 0 aliphatic carbocycles. The van der Waals surface area contributed by atoms with Crippen LogP contribution in [0.3, 0.4) is 0 Å². The zero-order chi connectivity index (χ0) is 12.3. The maximum Gasteiger partial charge on any atom is 0.0736 e. The van der Waals surface area contributed by atoms with Crippen LogP contribution in [0.15, 0.2) is 36.5 Å². The summed E-state index contributed by atoms with van der Waals surface area (Å²) in [6.07, 6.45) is 4.19. The van der Waals surface area contributed by atoms with Gasteiger partial charge >= 0.3 is 0 Å². The van der Waals surface area contributed by atoms with Crippen molar-refractivity contribution in [2.45, 2.75) is 33.6 Å². The Hall–Kier alpha value is -1.63. The molecule has 0 aliphatic rings. The lowest BCUT2D eigenvalue weighted by Gasteiger charge is -2.11. The van der Waals surface area contributed by atoms with Crippen LogP contribution in [0.5, 0.6) is 0 Å². The zero-order valence-corrected chi connectivity index (χ0v) is 10.8. The molecule has 2 aromatic rings. The second kappa shape index (κ2) is 5.13. The molecule has 0 amide bonds. The van der Waals surface area contributed by atoms with Crippen molar-refractivity contribution < 1.29 is 0 Å². The first-order chi connectivity index (χ1) is 8.24. The monoisotopic (exact) mass is 225 g/mol. The summed E-state index contributed by atoms with van der Waals surface area (Å²) in [5.74, 6) is 0. The molecule has 0 unspecified atom stereocenters. The molecule has 1 nitrogen and oxygen atoms in total. The van der Waals surface area contributed by atoms with Gasteiger partial charge in [-0.3, -0.25) is 4.98 Å². The van der Waals surface area contributed by atoms with E-state index in [-0.39, 0.29) is 0 Å². The van der Waals surface area contributed by atoms with E-state index in [9.17, 15) is 0 Å². The molecular formula is C16H19N. The minimum absolute atomic E-state index is 1.12. The predicted octanol–water partition coefficient (Wildman–Crippen LogP) is 4.32. The number of pyridine rings is 1. The summed E-state index contributed by atoms with van der Waals surface area (Å²) in [6.45, 7) is 6.51. The van der Waals surface area contributed by atoms with E-state index in [4.69, 9.17) is 0 Å². The van der Waals surface area contributed by atoms with E-state index in [1.54, 1.807) is 0 Å². The summed E-state index contributed by atoms with van der Waals surface area (Å²) in [6, 6.07) is 10.7. The summed E-state index contributed by atoms with van der Waals surface area (Å²) in [5.41, 5.74) is 6.41. The highest BCUT2D eigenvalue weighted by atomic mass is 14.7. The van der Waals surface area contributed by atoms with Gasteiger partial charge in [0.2, 0.25) is 0 Å². The summed E-state index contributed by atoms with van der Waals surface area (Å²) >= 11 is 0. The Morgan fingerprint density at radius 2 is 1.82 bits per heavy atom. The zero-order valence-electron chi connectivity index (χ0n) is 10.8. The second-order valence-corrected chi connectivity index (χ2v) is 4.51. The van der Waals surface area contributed by atoms with Gasteiger partial charge in [0.05, 0.1) is 5.69 Å². The number of benzene rings is 1. The highest BCUT2D eigenvalue weighted by molar-refractivity contribution is 5.67. The number of nitrogens with zero attached hydrogens (tertiary/aromatic N) is 1. The minimum atomic E-state index is 1.12. The first kappa shape index (κ1) is 11.8. The molecule has 1 aromatic heterocycles. The summed E-state index contributed by atoms with van der Waals surface area (Å²) in [7, 11) is 0. The largest absolute Gasteiger partial charge is 0.256 e. The fraction of sp³-hybridized carbons (Fsp3) is 0.312. The molecule has 0 spiro atoms. The topological polar surface area (TPSA) is 12.9 Å². The van der Waals surface area contributed by atoms with Crippen molar-refractivity contribution in [3.8, 4) is 11.3 Å². The molecule has 0 N–H and O–H groups in total. The lowest BCUT2D eigenvalue weighted by Crippen LogP contribution is -1.95. The smallest absolute Gasteiger partial charge is 0.0736 e. The van der Waals surface area contributed by atoms with Crippen molar-refractivity contribution in [3.63, 3.8) is 0 Å². The molecule has 0 bridgehead atoms. The Balaban J connectivity index is 2.56. The van der Waals surface area contributed by atoms with E-state index >= 15 is 0 Å². The number of aryl methyl sites for hydroxylation is 2. The molecule has 88 valence electrons. The molecule has 0 fully saturated rings. The van der Waals surface area contributed by atoms with Crippen LogP contribution in [0, 0.1) is 13.8 Å². The van der Waals surface area contributed by atoms with Gasteiger partial charge in [0.15, 0.2) is 0 Å². The predicted molar refractivity (Wildman–Crippen MR) is 73.1 cm³/mol. The van der Waals surface area contributed by atoms with Crippen molar-refractivity contribution in [2.75, 3.05) is 0 Å². The van der Waals surface area contributed by atoms with Crippen molar-refractivity contribution in [3.05, 3.63) is 53.2 Å². The first-order valence-electron chi connectivity index (χ1n) is 6.24. The average molecular weight is 225 g/mol. The fourth-order valence-electron chi connectivity index (χ4n) is 2.14. The average Bonchev–Trinajstić information content (AvgIpc) is 2.34. The van der Waals surface area contributed by atoms with Gasteiger partial charge < -0.3 is 0 Å². The summed E-state index contributed by atoms with van der Waals surface area (Å²) in [5, 5.41) is 0. The Bertz CT molecular complexity index is 515. The summed E-state index contributed by atoms with van der Waals surface area (Å²) < 4.78 is 0. The highest BCUT2D eigenvalue weighted by Gasteiger charge is 2.08. The van der Waals surface area contributed by atoms with Crippen LogP contribution in [-0.4, -0.2) is 4.98 Å². The van der Waals surface area contributed by atoms with Crippen LogP contribution in [0.4, 0.5) is 0 Å². The number of aromatic nitrogens is 1. The van der Waals surface area contributed by atoms with Crippen molar-refractivity contribution >= 4 is 0 Å². The van der Waals surface area contributed by atoms with Crippen LogP contribution >= 0.6 is 0 Å². The van der Waals surface area contributed by atoms with Crippen molar-refractivity contribution in [1.82, 2.24) is 4.98 Å². The van der Waals surface area contributed by atoms with Crippen LogP contribution in [0.25, 0.3) is 11.3 Å². The van der Waals surface area contributed by atoms with E-state index in [1.807, 2.05) is 6.20 Å². The third-order valence-electron chi connectivity index (χ3n) is 3.27. The summed E-state index contributed by atoms with van der Waals surface area (Å²) in [4.78, 5) is 4.55. The second-order valence-electron chi connectivity index (χ2n) is 4.51. The van der Waals surface area contributed by atoms with E-state index < -0.39 is 0 Å². The van der Waals surface area contributed by atoms with Gasteiger partial charge in [-0.2, -0.15) is 0 Å². The van der Waals surface area contributed by atoms with E-state index in [2.05, 4.69) is 56.1 Å². The first-order valence-corrected chi connectivity index (χ1v) is 6.24. The molecule has 1 aromatic carbocycles. The molecule has 0 radical (unpaired) electrons. The molecule has 1 heterocycles. The Morgan fingerprint density at radius 3 is 2.59 bits per heavy atom. The standard InChI is InChI=1S/C16H19N/c1-4-7-14-8-5-6-9-15(14)16-13(3)12(2)10-11-17-16/h5-6,8-11H,4,7H2,1-3H3. The van der Waals surface area contributed by atoms with E-state index in [0.717, 1.165) is 12.1 Å². The van der Waals surface area contributed by atoms with Crippen molar-refractivity contribution in [1.29, 1.82) is 0 Å². The third-order valence-corrected chi connectivity index (χ3v) is 3.27. The third kappa shape index (κ3) is 2.38. The quantitative estimate of drug-likeness (QED) is 0.758. The molecular weight excluding hydrogens is 206 g/mol. The van der Waals surface area contributed by atoms with Crippen LogP contribution in [-0.2, 0) is 6.42 Å². The minimum Gasteiger partial charge on any atom is -0.256 e. The molecule has 2 rings (SSSR count). The molecule has 0 saturated heterocycles. The normalized spacial score (nSPS) is 10.5. The SMILES string of the molecule is CCCc1ccccc1-c1nccc(C)c1C. The maximum absolute atomic E-state index is 4.55. The lowest BCUT2D eigenvalue weighted by atomic mass is 9.96. The highest BCUT2D eigenvalue weighted by Crippen LogP contribution is 2.26.